The fourth-order valence-electron chi connectivity index (χ4n) is 3.53. The third-order valence-corrected chi connectivity index (χ3v) is 5.17. The SMILES string of the molecule is Cc1c(Cc2cnn(C)c2)nc(OC[C@H]2C[C@@H]2c2ccccn2)nc1N(C)C.N. The maximum absolute atomic E-state index is 6.01. The zero-order valence-electron chi connectivity index (χ0n) is 17.5. The molecular weight excluding hydrogens is 366 g/mol. The molecule has 0 amide bonds. The monoisotopic (exact) mass is 395 g/mol. The summed E-state index contributed by atoms with van der Waals surface area (Å²) < 4.78 is 7.82. The molecule has 1 saturated carbocycles. The number of pyridine rings is 1. The highest BCUT2D eigenvalue weighted by molar-refractivity contribution is 5.49. The van der Waals surface area contributed by atoms with Gasteiger partial charge in [-0.25, -0.2) is 0 Å². The van der Waals surface area contributed by atoms with Crippen molar-refractivity contribution in [2.24, 2.45) is 13.0 Å². The van der Waals surface area contributed by atoms with Gasteiger partial charge in [-0.3, -0.25) is 9.67 Å². The highest BCUT2D eigenvalue weighted by Crippen LogP contribution is 2.46. The van der Waals surface area contributed by atoms with Gasteiger partial charge in [0.2, 0.25) is 0 Å². The Hall–Kier alpha value is -3.00. The number of aromatic nitrogens is 5. The van der Waals surface area contributed by atoms with Crippen LogP contribution in [0.4, 0.5) is 5.82 Å². The smallest absolute Gasteiger partial charge is 0.318 e. The Bertz CT molecular complexity index is 955. The molecule has 0 aliphatic heterocycles. The van der Waals surface area contributed by atoms with Gasteiger partial charge in [-0.2, -0.15) is 15.1 Å². The second-order valence-electron chi connectivity index (χ2n) is 7.66. The van der Waals surface area contributed by atoms with Crippen LogP contribution in [0.3, 0.4) is 0 Å². The van der Waals surface area contributed by atoms with Crippen LogP contribution >= 0.6 is 0 Å². The molecule has 2 atom stereocenters. The largest absolute Gasteiger partial charge is 0.463 e. The second-order valence-corrected chi connectivity index (χ2v) is 7.66. The molecule has 3 heterocycles. The van der Waals surface area contributed by atoms with E-state index in [0.717, 1.165) is 34.8 Å². The van der Waals surface area contributed by atoms with E-state index < -0.39 is 0 Å². The average molecular weight is 396 g/mol. The van der Waals surface area contributed by atoms with E-state index in [1.807, 2.05) is 56.8 Å². The summed E-state index contributed by atoms with van der Waals surface area (Å²) in [5, 5.41) is 4.25. The lowest BCUT2D eigenvalue weighted by molar-refractivity contribution is 0.273. The molecule has 3 aromatic heterocycles. The van der Waals surface area contributed by atoms with Crippen LogP contribution in [0.15, 0.2) is 36.8 Å². The fourth-order valence-corrected chi connectivity index (χ4v) is 3.53. The summed E-state index contributed by atoms with van der Waals surface area (Å²) in [7, 11) is 5.90. The molecule has 3 N–H and O–H groups in total. The fraction of sp³-hybridized carbons (Fsp3) is 0.429. The van der Waals surface area contributed by atoms with Crippen molar-refractivity contribution in [2.75, 3.05) is 25.6 Å². The number of anilines is 1. The molecular formula is C21H29N7O. The van der Waals surface area contributed by atoms with E-state index in [1.54, 1.807) is 4.68 Å². The molecule has 29 heavy (non-hydrogen) atoms. The van der Waals surface area contributed by atoms with Gasteiger partial charge in [0.1, 0.15) is 5.82 Å². The third-order valence-electron chi connectivity index (χ3n) is 5.17. The van der Waals surface area contributed by atoms with Crippen LogP contribution in [-0.2, 0) is 13.5 Å². The molecule has 8 nitrogen and oxygen atoms in total. The van der Waals surface area contributed by atoms with Crippen molar-refractivity contribution in [1.29, 1.82) is 0 Å². The van der Waals surface area contributed by atoms with Gasteiger partial charge >= 0.3 is 6.01 Å². The van der Waals surface area contributed by atoms with Crippen molar-refractivity contribution < 1.29 is 4.74 Å². The number of hydrogen-bond acceptors (Lipinski definition) is 7. The lowest BCUT2D eigenvalue weighted by Gasteiger charge is -2.18. The first-order valence-electron chi connectivity index (χ1n) is 9.57. The number of aryl methyl sites for hydroxylation is 1. The maximum atomic E-state index is 6.01. The van der Waals surface area contributed by atoms with E-state index in [-0.39, 0.29) is 6.15 Å². The normalized spacial score (nSPS) is 17.5. The van der Waals surface area contributed by atoms with E-state index in [0.29, 0.717) is 30.9 Å². The topological polar surface area (TPSA) is 104 Å². The van der Waals surface area contributed by atoms with Crippen LogP contribution < -0.4 is 15.8 Å². The molecule has 1 fully saturated rings. The van der Waals surface area contributed by atoms with E-state index in [1.165, 1.54) is 0 Å². The Morgan fingerprint density at radius 3 is 2.72 bits per heavy atom. The van der Waals surface area contributed by atoms with Crippen LogP contribution in [0.2, 0.25) is 0 Å². The van der Waals surface area contributed by atoms with Gasteiger partial charge in [-0.1, -0.05) is 6.07 Å². The third kappa shape index (κ3) is 4.71. The van der Waals surface area contributed by atoms with Gasteiger partial charge in [0.15, 0.2) is 0 Å². The molecule has 1 aliphatic rings. The van der Waals surface area contributed by atoms with Crippen LogP contribution in [0.25, 0.3) is 0 Å². The Balaban J connectivity index is 0.00000240. The highest BCUT2D eigenvalue weighted by Gasteiger charge is 2.40. The molecule has 154 valence electrons. The molecule has 8 heteroatoms. The Kier molecular flexibility index (Phi) is 6.12. The minimum Gasteiger partial charge on any atom is -0.463 e. The molecule has 0 spiro atoms. The molecule has 0 saturated heterocycles. The predicted octanol–water partition coefficient (Wildman–Crippen LogP) is 2.91. The standard InChI is InChI=1S/C21H26N6O.H3N/c1-14-19(9-15-11-23-27(4)12-15)24-21(25-20(14)26(2)3)28-13-16-10-17(16)18-7-5-6-8-22-18;/h5-8,11-12,16-17H,9-10,13H2,1-4H3;1H3/t16-,17+;/m1./s1. The predicted molar refractivity (Wildman–Crippen MR) is 113 cm³/mol. The molecule has 0 aromatic carbocycles. The maximum Gasteiger partial charge on any atom is 0.318 e. The second kappa shape index (κ2) is 8.57. The van der Waals surface area contributed by atoms with Gasteiger partial charge in [0.05, 0.1) is 18.5 Å². The summed E-state index contributed by atoms with van der Waals surface area (Å²) >= 11 is 0. The summed E-state index contributed by atoms with van der Waals surface area (Å²) in [4.78, 5) is 15.8. The van der Waals surface area contributed by atoms with E-state index in [4.69, 9.17) is 9.72 Å². The zero-order valence-corrected chi connectivity index (χ0v) is 17.5. The number of ether oxygens (including phenoxy) is 1. The van der Waals surface area contributed by atoms with Gasteiger partial charge in [0.25, 0.3) is 0 Å². The lowest BCUT2D eigenvalue weighted by Crippen LogP contribution is -2.16. The van der Waals surface area contributed by atoms with Crippen molar-refractivity contribution in [1.82, 2.24) is 30.9 Å². The van der Waals surface area contributed by atoms with Gasteiger partial charge in [-0.05, 0) is 31.0 Å². The van der Waals surface area contributed by atoms with Crippen molar-refractivity contribution in [2.45, 2.75) is 25.7 Å². The Labute approximate surface area is 171 Å². The zero-order chi connectivity index (χ0) is 19.7. The van der Waals surface area contributed by atoms with E-state index >= 15 is 0 Å². The molecule has 0 unspecified atom stereocenters. The van der Waals surface area contributed by atoms with Crippen molar-refractivity contribution in [3.63, 3.8) is 0 Å². The van der Waals surface area contributed by atoms with Gasteiger partial charge < -0.3 is 15.8 Å². The summed E-state index contributed by atoms with van der Waals surface area (Å²) in [6.07, 6.45) is 7.55. The highest BCUT2D eigenvalue weighted by atomic mass is 16.5. The van der Waals surface area contributed by atoms with Crippen LogP contribution in [0, 0.1) is 12.8 Å². The van der Waals surface area contributed by atoms with Crippen LogP contribution in [0.5, 0.6) is 6.01 Å². The molecule has 1 aliphatic carbocycles. The summed E-state index contributed by atoms with van der Waals surface area (Å²) in [5.41, 5.74) is 4.31. The molecule has 0 radical (unpaired) electrons. The van der Waals surface area contributed by atoms with Crippen molar-refractivity contribution in [3.05, 3.63) is 59.3 Å². The number of nitrogens with zero attached hydrogens (tertiary/aromatic N) is 6. The Morgan fingerprint density at radius 2 is 2.07 bits per heavy atom. The summed E-state index contributed by atoms with van der Waals surface area (Å²) in [6.45, 7) is 2.67. The first kappa shape index (κ1) is 20.7. The van der Waals surface area contributed by atoms with E-state index in [9.17, 15) is 0 Å². The van der Waals surface area contributed by atoms with Gasteiger partial charge in [-0.15, -0.1) is 0 Å². The van der Waals surface area contributed by atoms with Crippen molar-refractivity contribution >= 4 is 5.82 Å². The Morgan fingerprint density at radius 1 is 1.24 bits per heavy atom. The van der Waals surface area contributed by atoms with Gasteiger partial charge in [0, 0.05) is 63.1 Å². The quantitative estimate of drug-likeness (QED) is 0.656. The average Bonchev–Trinajstić information content (AvgIpc) is 3.36. The van der Waals surface area contributed by atoms with Crippen molar-refractivity contribution in [3.8, 4) is 6.01 Å². The number of rotatable bonds is 7. The molecule has 3 aromatic rings. The molecule has 4 rings (SSSR count). The van der Waals surface area contributed by atoms with Crippen LogP contribution in [0.1, 0.15) is 34.9 Å². The minimum absolute atomic E-state index is 0. The summed E-state index contributed by atoms with van der Waals surface area (Å²) in [5.74, 6) is 1.85. The summed E-state index contributed by atoms with van der Waals surface area (Å²) in [6, 6.07) is 6.52. The first-order chi connectivity index (χ1) is 13.5. The number of hydrogen-bond donors (Lipinski definition) is 1. The van der Waals surface area contributed by atoms with E-state index in [2.05, 4.69) is 28.1 Å². The lowest BCUT2D eigenvalue weighted by atomic mass is 10.1. The van der Waals surface area contributed by atoms with Crippen LogP contribution in [-0.4, -0.2) is 45.4 Å². The minimum atomic E-state index is 0. The first-order valence-corrected chi connectivity index (χ1v) is 9.57. The molecule has 0 bridgehead atoms.